The first-order valence-electron chi connectivity index (χ1n) is 8.79. The van der Waals surface area contributed by atoms with E-state index in [1.54, 1.807) is 51.7 Å². The van der Waals surface area contributed by atoms with Crippen molar-refractivity contribution in [3.63, 3.8) is 0 Å². The molecule has 0 aliphatic carbocycles. The first-order valence-corrected chi connectivity index (χ1v) is 8.79. The Morgan fingerprint density at radius 1 is 1.46 bits per heavy atom. The number of phenolic OH excluding ortho intramolecular Hbond substituents is 1. The van der Waals surface area contributed by atoms with Crippen LogP contribution >= 0.6 is 0 Å². The third-order valence-corrected chi connectivity index (χ3v) is 4.33. The minimum absolute atomic E-state index is 0.0643. The van der Waals surface area contributed by atoms with Crippen LogP contribution in [0.15, 0.2) is 24.3 Å². The molecule has 1 saturated heterocycles. The van der Waals surface area contributed by atoms with E-state index in [9.17, 15) is 15.0 Å². The third kappa shape index (κ3) is 4.87. The molecule has 0 saturated carbocycles. The number of carbonyl (C=O) groups excluding carboxylic acids is 1. The van der Waals surface area contributed by atoms with Crippen molar-refractivity contribution in [2.24, 2.45) is 5.73 Å². The van der Waals surface area contributed by atoms with Crippen LogP contribution in [0.1, 0.15) is 52.7 Å². The Bertz CT molecular complexity index is 641. The molecule has 2 unspecified atom stereocenters. The quantitative estimate of drug-likeness (QED) is 0.756. The average molecular weight is 366 g/mol. The summed E-state index contributed by atoms with van der Waals surface area (Å²) in [6.45, 7) is 9.33. The highest BCUT2D eigenvalue weighted by Crippen LogP contribution is 2.33. The number of aliphatic hydroxyl groups is 1. The number of rotatable bonds is 4. The molecule has 0 spiro atoms. The standard InChI is InChI=1S/C19H30N2O5/c1-18(2,3)26-17(24)21-13(11-25-19(21,4)5)10-15(20)16(23)12-7-6-8-14(22)9-12/h6-9,13,15-16,22-23H,10-11,20H2,1-5H3/t13-,15?,16?/m1/s1. The maximum Gasteiger partial charge on any atom is 0.412 e. The number of amides is 1. The normalized spacial score (nSPS) is 22.1. The fourth-order valence-electron chi connectivity index (χ4n) is 3.14. The van der Waals surface area contributed by atoms with Crippen LogP contribution in [0.25, 0.3) is 0 Å². The summed E-state index contributed by atoms with van der Waals surface area (Å²) in [4.78, 5) is 14.2. The van der Waals surface area contributed by atoms with Crippen molar-refractivity contribution in [2.75, 3.05) is 6.61 Å². The van der Waals surface area contributed by atoms with Crippen LogP contribution in [0.5, 0.6) is 5.75 Å². The molecule has 0 aromatic heterocycles. The van der Waals surface area contributed by atoms with E-state index < -0.39 is 29.6 Å². The lowest BCUT2D eigenvalue weighted by molar-refractivity contribution is -0.0632. The Morgan fingerprint density at radius 3 is 2.69 bits per heavy atom. The van der Waals surface area contributed by atoms with Gasteiger partial charge in [-0.05, 0) is 58.7 Å². The van der Waals surface area contributed by atoms with E-state index in [1.165, 1.54) is 12.1 Å². The summed E-state index contributed by atoms with van der Waals surface area (Å²) in [6, 6.07) is 5.40. The second-order valence-electron chi connectivity index (χ2n) is 8.20. The summed E-state index contributed by atoms with van der Waals surface area (Å²) >= 11 is 0. The molecule has 1 aliphatic heterocycles. The number of carbonyl (C=O) groups is 1. The Morgan fingerprint density at radius 2 is 2.12 bits per heavy atom. The fourth-order valence-corrected chi connectivity index (χ4v) is 3.14. The zero-order valence-electron chi connectivity index (χ0n) is 16.1. The van der Waals surface area contributed by atoms with Crippen LogP contribution in [-0.4, -0.2) is 51.2 Å². The number of ether oxygens (including phenoxy) is 2. The van der Waals surface area contributed by atoms with E-state index in [4.69, 9.17) is 15.2 Å². The van der Waals surface area contributed by atoms with Crippen LogP contribution in [0.2, 0.25) is 0 Å². The highest BCUT2D eigenvalue weighted by Gasteiger charge is 2.46. The molecule has 1 aromatic carbocycles. The average Bonchev–Trinajstić information content (AvgIpc) is 2.79. The van der Waals surface area contributed by atoms with E-state index in [-0.39, 0.29) is 11.8 Å². The largest absolute Gasteiger partial charge is 0.508 e. The Hall–Kier alpha value is -1.83. The van der Waals surface area contributed by atoms with Crippen molar-refractivity contribution in [1.29, 1.82) is 0 Å². The summed E-state index contributed by atoms with van der Waals surface area (Å²) in [6.07, 6.45) is -1.10. The molecule has 1 fully saturated rings. The van der Waals surface area contributed by atoms with Gasteiger partial charge in [0.1, 0.15) is 17.1 Å². The van der Waals surface area contributed by atoms with Crippen molar-refractivity contribution < 1.29 is 24.5 Å². The number of aliphatic hydroxyl groups excluding tert-OH is 1. The summed E-state index contributed by atoms with van der Waals surface area (Å²) in [7, 11) is 0. The molecule has 26 heavy (non-hydrogen) atoms. The fraction of sp³-hybridized carbons (Fsp3) is 0.632. The van der Waals surface area contributed by atoms with Gasteiger partial charge in [-0.1, -0.05) is 12.1 Å². The highest BCUT2D eigenvalue weighted by atomic mass is 16.6. The van der Waals surface area contributed by atoms with Crippen molar-refractivity contribution in [1.82, 2.24) is 4.90 Å². The zero-order valence-corrected chi connectivity index (χ0v) is 16.1. The topological polar surface area (TPSA) is 105 Å². The van der Waals surface area contributed by atoms with Gasteiger partial charge >= 0.3 is 6.09 Å². The molecule has 146 valence electrons. The summed E-state index contributed by atoms with van der Waals surface area (Å²) in [5.74, 6) is 0.0643. The van der Waals surface area contributed by atoms with Crippen LogP contribution in [-0.2, 0) is 9.47 Å². The summed E-state index contributed by atoms with van der Waals surface area (Å²) < 4.78 is 11.3. The summed E-state index contributed by atoms with van der Waals surface area (Å²) in [5.41, 5.74) is 5.28. The maximum atomic E-state index is 12.6. The van der Waals surface area contributed by atoms with Gasteiger partial charge in [-0.3, -0.25) is 4.90 Å². The molecular weight excluding hydrogens is 336 g/mol. The van der Waals surface area contributed by atoms with Gasteiger partial charge in [0.05, 0.1) is 18.8 Å². The molecule has 1 heterocycles. The lowest BCUT2D eigenvalue weighted by atomic mass is 9.96. The van der Waals surface area contributed by atoms with Gasteiger partial charge in [0.2, 0.25) is 0 Å². The molecule has 0 radical (unpaired) electrons. The van der Waals surface area contributed by atoms with Crippen LogP contribution < -0.4 is 5.73 Å². The van der Waals surface area contributed by atoms with Crippen LogP contribution in [0.3, 0.4) is 0 Å². The molecular formula is C19H30N2O5. The van der Waals surface area contributed by atoms with Crippen molar-refractivity contribution in [2.45, 2.75) is 70.6 Å². The van der Waals surface area contributed by atoms with Gasteiger partial charge in [0.25, 0.3) is 0 Å². The molecule has 4 N–H and O–H groups in total. The molecule has 7 heteroatoms. The smallest absolute Gasteiger partial charge is 0.412 e. The number of benzene rings is 1. The minimum Gasteiger partial charge on any atom is -0.508 e. The lowest BCUT2D eigenvalue weighted by Crippen LogP contribution is -2.51. The monoisotopic (exact) mass is 366 g/mol. The van der Waals surface area contributed by atoms with Gasteiger partial charge in [0.15, 0.2) is 0 Å². The van der Waals surface area contributed by atoms with E-state index in [1.807, 2.05) is 0 Å². The maximum absolute atomic E-state index is 12.6. The van der Waals surface area contributed by atoms with Gasteiger partial charge in [-0.15, -0.1) is 0 Å². The number of hydrogen-bond donors (Lipinski definition) is 3. The molecule has 1 amide bonds. The van der Waals surface area contributed by atoms with E-state index >= 15 is 0 Å². The molecule has 2 rings (SSSR count). The van der Waals surface area contributed by atoms with Crippen molar-refractivity contribution in [3.05, 3.63) is 29.8 Å². The molecule has 1 aliphatic rings. The van der Waals surface area contributed by atoms with Gasteiger partial charge < -0.3 is 25.4 Å². The van der Waals surface area contributed by atoms with Crippen molar-refractivity contribution >= 4 is 6.09 Å². The second-order valence-corrected chi connectivity index (χ2v) is 8.20. The van der Waals surface area contributed by atoms with Gasteiger partial charge in [-0.25, -0.2) is 4.79 Å². The number of hydrogen-bond acceptors (Lipinski definition) is 6. The SMILES string of the molecule is CC(C)(C)OC(=O)N1[C@H](CC(N)C(O)c2cccc(O)c2)COC1(C)C. The Labute approximate surface area is 154 Å². The molecule has 7 nitrogen and oxygen atoms in total. The summed E-state index contributed by atoms with van der Waals surface area (Å²) in [5, 5.41) is 20.1. The predicted octanol–water partition coefficient (Wildman–Crippen LogP) is 2.52. The van der Waals surface area contributed by atoms with Gasteiger partial charge in [-0.2, -0.15) is 0 Å². The minimum atomic E-state index is -0.966. The number of phenols is 1. The molecule has 0 bridgehead atoms. The molecule has 1 aromatic rings. The predicted molar refractivity (Wildman–Crippen MR) is 97.6 cm³/mol. The number of nitrogens with zero attached hydrogens (tertiary/aromatic N) is 1. The van der Waals surface area contributed by atoms with Crippen molar-refractivity contribution in [3.8, 4) is 5.75 Å². The van der Waals surface area contributed by atoms with E-state index in [0.29, 0.717) is 18.6 Å². The highest BCUT2D eigenvalue weighted by molar-refractivity contribution is 5.69. The van der Waals surface area contributed by atoms with E-state index in [2.05, 4.69) is 0 Å². The Kier molecular flexibility index (Phi) is 5.85. The van der Waals surface area contributed by atoms with Gasteiger partial charge in [0, 0.05) is 6.04 Å². The third-order valence-electron chi connectivity index (χ3n) is 4.33. The second kappa shape index (κ2) is 7.42. The number of nitrogens with two attached hydrogens (primary N) is 1. The Balaban J connectivity index is 2.12. The number of aromatic hydroxyl groups is 1. The molecule has 3 atom stereocenters. The van der Waals surface area contributed by atoms with Crippen LogP contribution in [0, 0.1) is 0 Å². The van der Waals surface area contributed by atoms with E-state index in [0.717, 1.165) is 0 Å². The first-order chi connectivity index (χ1) is 11.9. The zero-order chi connectivity index (χ0) is 19.7. The van der Waals surface area contributed by atoms with Crippen LogP contribution in [0.4, 0.5) is 4.79 Å². The first kappa shape index (κ1) is 20.5. The lowest BCUT2D eigenvalue weighted by Gasteiger charge is -2.36.